The minimum Gasteiger partial charge on any atom is -0.480 e. The van der Waals surface area contributed by atoms with Crippen LogP contribution in [0.15, 0.2) is 0 Å². The highest BCUT2D eigenvalue weighted by Gasteiger charge is 2.32. The first-order chi connectivity index (χ1) is 8.92. The van der Waals surface area contributed by atoms with Crippen molar-refractivity contribution in [1.29, 1.82) is 0 Å². The predicted molar refractivity (Wildman–Crippen MR) is 78.5 cm³/mol. The second-order valence-electron chi connectivity index (χ2n) is 5.71. The molecule has 114 valence electrons. The van der Waals surface area contributed by atoms with Crippen LogP contribution >= 0.6 is 0 Å². The zero-order chi connectivity index (χ0) is 14.7. The molecular weight excluding hydrogens is 242 g/mol. The van der Waals surface area contributed by atoms with Crippen LogP contribution in [0.1, 0.15) is 66.2 Å². The van der Waals surface area contributed by atoms with Crippen molar-refractivity contribution >= 4 is 5.97 Å². The molecule has 0 aliphatic rings. The van der Waals surface area contributed by atoms with Crippen LogP contribution in [0, 0.1) is 0 Å². The summed E-state index contributed by atoms with van der Waals surface area (Å²) in [5.41, 5.74) is -0.823. The molecule has 1 atom stereocenters. The van der Waals surface area contributed by atoms with Crippen molar-refractivity contribution in [3.8, 4) is 0 Å². The molecule has 0 aliphatic carbocycles. The Hall–Kier alpha value is -0.610. The van der Waals surface area contributed by atoms with Gasteiger partial charge in [-0.05, 0) is 46.5 Å². The Bertz CT molecular complexity index is 244. The number of carboxylic acid groups (broad SMARTS) is 1. The number of hydrogen-bond donors (Lipinski definition) is 2. The van der Waals surface area contributed by atoms with Crippen LogP contribution < -0.4 is 5.32 Å². The molecule has 2 N–H and O–H groups in total. The maximum atomic E-state index is 11.3. The molecule has 0 radical (unpaired) electrons. The maximum Gasteiger partial charge on any atom is 0.323 e. The second kappa shape index (κ2) is 10.2. The van der Waals surface area contributed by atoms with Gasteiger partial charge >= 0.3 is 5.97 Å². The van der Waals surface area contributed by atoms with Gasteiger partial charge in [-0.2, -0.15) is 0 Å². The smallest absolute Gasteiger partial charge is 0.323 e. The fourth-order valence-electron chi connectivity index (χ4n) is 2.12. The third-order valence-electron chi connectivity index (χ3n) is 3.19. The average molecular weight is 273 g/mol. The summed E-state index contributed by atoms with van der Waals surface area (Å²) in [7, 11) is 0. The molecule has 0 spiro atoms. The van der Waals surface area contributed by atoms with Crippen molar-refractivity contribution in [2.75, 3.05) is 13.2 Å². The molecule has 0 aromatic carbocycles. The van der Waals surface area contributed by atoms with Gasteiger partial charge in [0.05, 0.1) is 0 Å². The van der Waals surface area contributed by atoms with E-state index in [-0.39, 0.29) is 6.04 Å². The van der Waals surface area contributed by atoms with Gasteiger partial charge in [-0.15, -0.1) is 0 Å². The van der Waals surface area contributed by atoms with E-state index >= 15 is 0 Å². The standard InChI is InChI=1S/C15H31NO3/c1-5-6-8-11-19-12-9-7-10-15(4,14(17)18)16-13(2)3/h13,16H,5-12H2,1-4H3,(H,17,18). The number of aliphatic carboxylic acids is 1. The quantitative estimate of drug-likeness (QED) is 0.536. The topological polar surface area (TPSA) is 58.6 Å². The van der Waals surface area contributed by atoms with Gasteiger partial charge in [0.2, 0.25) is 0 Å². The Labute approximate surface area is 117 Å². The van der Waals surface area contributed by atoms with Crippen molar-refractivity contribution in [2.45, 2.75) is 77.8 Å². The number of unbranched alkanes of at least 4 members (excludes halogenated alkanes) is 3. The molecule has 1 unspecified atom stereocenters. The Kier molecular flexibility index (Phi) is 9.88. The first-order valence-electron chi connectivity index (χ1n) is 7.51. The molecular formula is C15H31NO3. The largest absolute Gasteiger partial charge is 0.480 e. The summed E-state index contributed by atoms with van der Waals surface area (Å²) in [5, 5.41) is 12.4. The number of hydrogen-bond acceptors (Lipinski definition) is 3. The van der Waals surface area contributed by atoms with Crippen molar-refractivity contribution < 1.29 is 14.6 Å². The predicted octanol–water partition coefficient (Wildman–Crippen LogP) is 3.20. The molecule has 0 saturated heterocycles. The van der Waals surface area contributed by atoms with E-state index in [1.807, 2.05) is 13.8 Å². The van der Waals surface area contributed by atoms with Crippen LogP contribution in [0.25, 0.3) is 0 Å². The van der Waals surface area contributed by atoms with Crippen molar-refractivity contribution in [2.24, 2.45) is 0 Å². The van der Waals surface area contributed by atoms with Crippen LogP contribution in [0.2, 0.25) is 0 Å². The van der Waals surface area contributed by atoms with E-state index in [2.05, 4.69) is 12.2 Å². The van der Waals surface area contributed by atoms with E-state index < -0.39 is 11.5 Å². The number of nitrogens with one attached hydrogen (secondary N) is 1. The van der Waals surface area contributed by atoms with Crippen LogP contribution in [-0.4, -0.2) is 35.9 Å². The van der Waals surface area contributed by atoms with Crippen molar-refractivity contribution in [3.63, 3.8) is 0 Å². The van der Waals surface area contributed by atoms with E-state index in [0.717, 1.165) is 32.5 Å². The van der Waals surface area contributed by atoms with Crippen LogP contribution in [0.4, 0.5) is 0 Å². The number of carbonyl (C=O) groups is 1. The van der Waals surface area contributed by atoms with Gasteiger partial charge in [0.25, 0.3) is 0 Å². The zero-order valence-electron chi connectivity index (χ0n) is 13.0. The fraction of sp³-hybridized carbons (Fsp3) is 0.933. The summed E-state index contributed by atoms with van der Waals surface area (Å²) in [6.45, 7) is 9.44. The van der Waals surface area contributed by atoms with E-state index in [4.69, 9.17) is 4.74 Å². The Morgan fingerprint density at radius 1 is 1.21 bits per heavy atom. The maximum absolute atomic E-state index is 11.3. The molecule has 0 bridgehead atoms. The fourth-order valence-corrected chi connectivity index (χ4v) is 2.12. The van der Waals surface area contributed by atoms with Gasteiger partial charge in [0.1, 0.15) is 5.54 Å². The summed E-state index contributed by atoms with van der Waals surface area (Å²) in [6, 6.07) is 0.173. The van der Waals surface area contributed by atoms with Crippen molar-refractivity contribution in [1.82, 2.24) is 5.32 Å². The summed E-state index contributed by atoms with van der Waals surface area (Å²) >= 11 is 0. The third-order valence-corrected chi connectivity index (χ3v) is 3.19. The second-order valence-corrected chi connectivity index (χ2v) is 5.71. The van der Waals surface area contributed by atoms with E-state index in [1.165, 1.54) is 12.8 Å². The van der Waals surface area contributed by atoms with E-state index in [9.17, 15) is 9.90 Å². The normalized spacial score (nSPS) is 14.6. The summed E-state index contributed by atoms with van der Waals surface area (Å²) in [6.07, 6.45) is 5.98. The van der Waals surface area contributed by atoms with Gasteiger partial charge in [0.15, 0.2) is 0 Å². The van der Waals surface area contributed by atoms with Gasteiger partial charge in [0, 0.05) is 19.3 Å². The van der Waals surface area contributed by atoms with Crippen LogP contribution in [0.3, 0.4) is 0 Å². The SMILES string of the molecule is CCCCCOCCCCC(C)(NC(C)C)C(=O)O. The highest BCUT2D eigenvalue weighted by atomic mass is 16.5. The minimum atomic E-state index is -0.823. The monoisotopic (exact) mass is 273 g/mol. The average Bonchev–Trinajstić information content (AvgIpc) is 2.31. The Morgan fingerprint density at radius 3 is 2.26 bits per heavy atom. The Balaban J connectivity index is 3.74. The molecule has 0 amide bonds. The lowest BCUT2D eigenvalue weighted by atomic mass is 9.94. The van der Waals surface area contributed by atoms with Crippen molar-refractivity contribution in [3.05, 3.63) is 0 Å². The first kappa shape index (κ1) is 18.4. The molecule has 4 heteroatoms. The van der Waals surface area contributed by atoms with Crippen LogP contribution in [0.5, 0.6) is 0 Å². The van der Waals surface area contributed by atoms with Gasteiger partial charge in [-0.3, -0.25) is 10.1 Å². The third kappa shape index (κ3) is 9.00. The summed E-state index contributed by atoms with van der Waals surface area (Å²) in [4.78, 5) is 11.3. The lowest BCUT2D eigenvalue weighted by Crippen LogP contribution is -2.52. The highest BCUT2D eigenvalue weighted by Crippen LogP contribution is 2.15. The molecule has 0 aromatic rings. The molecule has 19 heavy (non-hydrogen) atoms. The first-order valence-corrected chi connectivity index (χ1v) is 7.51. The lowest BCUT2D eigenvalue weighted by Gasteiger charge is -2.28. The van der Waals surface area contributed by atoms with E-state index in [0.29, 0.717) is 6.42 Å². The molecule has 4 nitrogen and oxygen atoms in total. The van der Waals surface area contributed by atoms with Crippen LogP contribution in [-0.2, 0) is 9.53 Å². The summed E-state index contributed by atoms with van der Waals surface area (Å²) in [5.74, 6) is -0.773. The lowest BCUT2D eigenvalue weighted by molar-refractivity contribution is -0.144. The van der Waals surface area contributed by atoms with Gasteiger partial charge < -0.3 is 9.84 Å². The molecule has 0 aliphatic heterocycles. The number of rotatable bonds is 12. The van der Waals surface area contributed by atoms with Gasteiger partial charge in [-0.25, -0.2) is 0 Å². The molecule has 0 heterocycles. The molecule has 0 rings (SSSR count). The number of ether oxygens (including phenoxy) is 1. The summed E-state index contributed by atoms with van der Waals surface area (Å²) < 4.78 is 5.52. The minimum absolute atomic E-state index is 0.173. The highest BCUT2D eigenvalue weighted by molar-refractivity contribution is 5.78. The van der Waals surface area contributed by atoms with E-state index in [1.54, 1.807) is 6.92 Å². The van der Waals surface area contributed by atoms with Gasteiger partial charge in [-0.1, -0.05) is 19.8 Å². The molecule has 0 aromatic heterocycles. The molecule has 0 fully saturated rings. The number of carboxylic acids is 1. The Morgan fingerprint density at radius 2 is 1.79 bits per heavy atom. The zero-order valence-corrected chi connectivity index (χ0v) is 13.0. The molecule has 0 saturated carbocycles.